The fraction of sp³-hybridized carbons (Fsp3) is 0.269. The van der Waals surface area contributed by atoms with Crippen molar-refractivity contribution in [1.82, 2.24) is 15.6 Å². The van der Waals surface area contributed by atoms with Crippen molar-refractivity contribution in [3.8, 4) is 22.3 Å². The number of nitrogen functional groups attached to an aromatic ring is 1. The number of piperidine rings is 1. The lowest BCUT2D eigenvalue weighted by Gasteiger charge is -2.23. The number of nitrogens with zero attached hydrogens (tertiary/aromatic N) is 1. The maximum Gasteiger partial charge on any atom is 0.222 e. The minimum Gasteiger partial charge on any atom is -0.385 e. The molecule has 1 fully saturated rings. The van der Waals surface area contributed by atoms with E-state index in [2.05, 4.69) is 46.5 Å². The van der Waals surface area contributed by atoms with Gasteiger partial charge in [-0.05, 0) is 66.6 Å². The summed E-state index contributed by atoms with van der Waals surface area (Å²) in [6.45, 7) is 7.05. The molecule has 0 radical (unpaired) electrons. The van der Waals surface area contributed by atoms with E-state index in [4.69, 9.17) is 5.73 Å². The van der Waals surface area contributed by atoms with Crippen LogP contribution in [0.4, 0.5) is 10.2 Å². The molecular formula is C26H27FN4. The van der Waals surface area contributed by atoms with Crippen LogP contribution in [0.25, 0.3) is 28.0 Å². The molecule has 5 rings (SSSR count). The number of anilines is 1. The number of nitrogens with one attached hydrogen (secondary N) is 2. The largest absolute Gasteiger partial charge is 0.385 e. The van der Waals surface area contributed by atoms with Gasteiger partial charge in [-0.2, -0.15) is 4.39 Å². The van der Waals surface area contributed by atoms with Crippen LogP contribution < -0.4 is 16.4 Å². The monoisotopic (exact) mass is 414 g/mol. The van der Waals surface area contributed by atoms with Gasteiger partial charge in [-0.15, -0.1) is 0 Å². The molecule has 0 aliphatic carbocycles. The third-order valence-electron chi connectivity index (χ3n) is 6.51. The average molecular weight is 415 g/mol. The predicted molar refractivity (Wildman–Crippen MR) is 125 cm³/mol. The van der Waals surface area contributed by atoms with Gasteiger partial charge in [-0.25, -0.2) is 4.98 Å². The smallest absolute Gasteiger partial charge is 0.222 e. The maximum atomic E-state index is 14.8. The first-order chi connectivity index (χ1) is 15.1. The molecule has 2 aromatic carbocycles. The third kappa shape index (κ3) is 3.81. The number of halogens is 1. The Kier molecular flexibility index (Phi) is 5.20. The van der Waals surface area contributed by atoms with Crippen LogP contribution in [0.15, 0.2) is 55.1 Å². The molecule has 31 heavy (non-hydrogen) atoms. The lowest BCUT2D eigenvalue weighted by atomic mass is 9.89. The van der Waals surface area contributed by atoms with Gasteiger partial charge in [0.15, 0.2) is 0 Å². The molecule has 3 aromatic rings. The van der Waals surface area contributed by atoms with Gasteiger partial charge < -0.3 is 16.4 Å². The summed E-state index contributed by atoms with van der Waals surface area (Å²) in [6, 6.07) is 16.3. The van der Waals surface area contributed by atoms with Crippen molar-refractivity contribution in [3.05, 3.63) is 77.7 Å². The summed E-state index contributed by atoms with van der Waals surface area (Å²) in [6.07, 6.45) is 3.20. The number of aromatic nitrogens is 1. The molecule has 2 aliphatic rings. The first-order valence-electron chi connectivity index (χ1n) is 10.9. The molecular weight excluding hydrogens is 387 g/mol. The summed E-state index contributed by atoms with van der Waals surface area (Å²) in [5.41, 5.74) is 13.7. The Balaban J connectivity index is 1.50. The fourth-order valence-electron chi connectivity index (χ4n) is 4.73. The van der Waals surface area contributed by atoms with E-state index < -0.39 is 5.95 Å². The van der Waals surface area contributed by atoms with Crippen LogP contribution in [0.2, 0.25) is 0 Å². The van der Waals surface area contributed by atoms with Gasteiger partial charge in [0.25, 0.3) is 0 Å². The molecule has 1 saturated heterocycles. The van der Waals surface area contributed by atoms with E-state index in [1.165, 1.54) is 11.1 Å². The topological polar surface area (TPSA) is 63.0 Å². The molecule has 3 heterocycles. The van der Waals surface area contributed by atoms with Crippen molar-refractivity contribution in [2.75, 3.05) is 25.4 Å². The van der Waals surface area contributed by atoms with Crippen LogP contribution in [0.5, 0.6) is 0 Å². The number of hydrogen-bond donors (Lipinski definition) is 3. The van der Waals surface area contributed by atoms with Gasteiger partial charge in [0.1, 0.15) is 5.82 Å². The molecule has 5 heteroatoms. The van der Waals surface area contributed by atoms with Gasteiger partial charge in [0, 0.05) is 28.9 Å². The van der Waals surface area contributed by atoms with E-state index in [0.29, 0.717) is 11.5 Å². The number of fused-ring (bicyclic) bond motifs is 1. The minimum absolute atomic E-state index is 0.209. The van der Waals surface area contributed by atoms with Crippen LogP contribution in [-0.2, 0) is 6.42 Å². The molecule has 0 amide bonds. The Morgan fingerprint density at radius 2 is 1.65 bits per heavy atom. The van der Waals surface area contributed by atoms with E-state index >= 15 is 0 Å². The zero-order valence-electron chi connectivity index (χ0n) is 17.5. The summed E-state index contributed by atoms with van der Waals surface area (Å²) < 4.78 is 14.8. The quantitative estimate of drug-likeness (QED) is 0.543. The molecule has 0 saturated carbocycles. The summed E-state index contributed by atoms with van der Waals surface area (Å²) >= 11 is 0. The predicted octanol–water partition coefficient (Wildman–Crippen LogP) is 4.72. The number of rotatable bonds is 3. The van der Waals surface area contributed by atoms with Crippen molar-refractivity contribution >= 4 is 11.5 Å². The fourth-order valence-corrected chi connectivity index (χ4v) is 4.73. The molecule has 2 aliphatic heterocycles. The van der Waals surface area contributed by atoms with Gasteiger partial charge in [-0.3, -0.25) is 0 Å². The third-order valence-corrected chi connectivity index (χ3v) is 6.51. The van der Waals surface area contributed by atoms with Crippen LogP contribution in [0.1, 0.15) is 35.4 Å². The van der Waals surface area contributed by atoms with E-state index in [1.54, 1.807) is 0 Å². The van der Waals surface area contributed by atoms with Crippen LogP contribution in [0, 0.1) is 5.95 Å². The molecule has 4 N–H and O–H groups in total. The van der Waals surface area contributed by atoms with Crippen molar-refractivity contribution in [1.29, 1.82) is 0 Å². The molecule has 0 atom stereocenters. The van der Waals surface area contributed by atoms with Crippen molar-refractivity contribution in [3.63, 3.8) is 0 Å². The lowest BCUT2D eigenvalue weighted by molar-refractivity contribution is 0.460. The van der Waals surface area contributed by atoms with E-state index in [9.17, 15) is 4.39 Å². The normalized spacial score (nSPS) is 16.6. The van der Waals surface area contributed by atoms with Crippen LogP contribution in [0.3, 0.4) is 0 Å². The Labute approximate surface area is 182 Å². The maximum absolute atomic E-state index is 14.8. The van der Waals surface area contributed by atoms with Gasteiger partial charge in [-0.1, -0.05) is 49.0 Å². The Morgan fingerprint density at radius 1 is 0.903 bits per heavy atom. The minimum atomic E-state index is -0.536. The molecule has 0 unspecified atom stereocenters. The van der Waals surface area contributed by atoms with E-state index in [1.807, 2.05) is 24.3 Å². The summed E-state index contributed by atoms with van der Waals surface area (Å²) in [7, 11) is 0. The second-order valence-corrected chi connectivity index (χ2v) is 8.43. The number of benzene rings is 2. The van der Waals surface area contributed by atoms with Gasteiger partial charge >= 0.3 is 0 Å². The molecule has 158 valence electrons. The highest BCUT2D eigenvalue weighted by molar-refractivity contribution is 5.81. The Morgan fingerprint density at radius 3 is 2.42 bits per heavy atom. The number of pyridine rings is 1. The number of nitrogens with two attached hydrogens (primary N) is 1. The number of hydrogen-bond acceptors (Lipinski definition) is 4. The summed E-state index contributed by atoms with van der Waals surface area (Å²) in [4.78, 5) is 4.04. The Hall–Kier alpha value is -3.18. The highest BCUT2D eigenvalue weighted by Gasteiger charge is 2.18. The SMILES string of the molecule is C=C1NCCc2cc(-c3cc(-c4ccc(C5CCNCC5)cc4)c(F)nc3N)ccc21. The van der Waals surface area contributed by atoms with Crippen LogP contribution >= 0.6 is 0 Å². The van der Waals surface area contributed by atoms with Crippen molar-refractivity contribution in [2.45, 2.75) is 25.2 Å². The zero-order chi connectivity index (χ0) is 21.4. The highest BCUT2D eigenvalue weighted by atomic mass is 19.1. The first kappa shape index (κ1) is 19.8. The second-order valence-electron chi connectivity index (χ2n) is 8.43. The second kappa shape index (κ2) is 8.16. The van der Waals surface area contributed by atoms with Gasteiger partial charge in [0.05, 0.1) is 0 Å². The lowest BCUT2D eigenvalue weighted by Crippen LogP contribution is -2.26. The van der Waals surface area contributed by atoms with E-state index in [0.717, 1.165) is 66.8 Å². The molecule has 4 nitrogen and oxygen atoms in total. The van der Waals surface area contributed by atoms with Gasteiger partial charge in [0.2, 0.25) is 5.95 Å². The standard InChI is InChI=1S/C26H27FN4/c1-16-22-7-6-20(14-21(22)10-13-30-16)24-15-23(25(27)31-26(24)28)19-4-2-17(3-5-19)18-8-11-29-12-9-18/h2-7,14-15,18,29-30H,1,8-13H2,(H2,28,31). The summed E-state index contributed by atoms with van der Waals surface area (Å²) in [5.74, 6) is 0.242. The average Bonchev–Trinajstić information content (AvgIpc) is 2.80. The molecule has 0 bridgehead atoms. The van der Waals surface area contributed by atoms with Crippen molar-refractivity contribution in [2.24, 2.45) is 0 Å². The van der Waals surface area contributed by atoms with Crippen molar-refractivity contribution < 1.29 is 4.39 Å². The van der Waals surface area contributed by atoms with Crippen LogP contribution in [-0.4, -0.2) is 24.6 Å². The van der Waals surface area contributed by atoms with E-state index in [-0.39, 0.29) is 5.82 Å². The molecule has 1 aromatic heterocycles. The Bertz CT molecular complexity index is 1130. The zero-order valence-corrected chi connectivity index (χ0v) is 17.5. The first-order valence-corrected chi connectivity index (χ1v) is 10.9. The summed E-state index contributed by atoms with van der Waals surface area (Å²) in [5, 5.41) is 6.69. The highest BCUT2D eigenvalue weighted by Crippen LogP contribution is 2.35. The molecule has 0 spiro atoms.